The van der Waals surface area contributed by atoms with Crippen LogP contribution in [0.5, 0.6) is 0 Å². The van der Waals surface area contributed by atoms with Gasteiger partial charge in [0, 0.05) is 5.69 Å². The molecule has 0 saturated heterocycles. The molecule has 0 atom stereocenters. The van der Waals surface area contributed by atoms with Gasteiger partial charge in [-0.15, -0.1) is 10.2 Å². The molecule has 0 aliphatic carbocycles. The molecule has 0 aliphatic rings. The third-order valence-corrected chi connectivity index (χ3v) is 3.13. The van der Waals surface area contributed by atoms with E-state index in [1.807, 2.05) is 36.4 Å². The van der Waals surface area contributed by atoms with Crippen LogP contribution in [0.25, 0.3) is 27.9 Å². The normalized spacial score (nSPS) is 11.4. The number of rotatable bonds is 1. The van der Waals surface area contributed by atoms with E-state index in [0.717, 1.165) is 22.3 Å². The van der Waals surface area contributed by atoms with Gasteiger partial charge >= 0.3 is 5.69 Å². The molecule has 0 spiro atoms. The third kappa shape index (κ3) is 1.40. The Balaban J connectivity index is 2.09. The van der Waals surface area contributed by atoms with Gasteiger partial charge in [-0.1, -0.05) is 30.3 Å². The van der Waals surface area contributed by atoms with Crippen molar-refractivity contribution in [2.75, 3.05) is 0 Å². The number of benzene rings is 1. The van der Waals surface area contributed by atoms with Crippen molar-refractivity contribution in [2.24, 2.45) is 0 Å². The van der Waals surface area contributed by atoms with Gasteiger partial charge in [0.2, 0.25) is 0 Å². The maximum absolute atomic E-state index is 11.8. The van der Waals surface area contributed by atoms with Crippen LogP contribution in [0.2, 0.25) is 0 Å². The van der Waals surface area contributed by atoms with E-state index in [4.69, 9.17) is 0 Å². The van der Waals surface area contributed by atoms with Crippen LogP contribution in [0.4, 0.5) is 0 Å². The Morgan fingerprint density at radius 2 is 1.95 bits per heavy atom. The van der Waals surface area contributed by atoms with Crippen LogP contribution in [0.1, 0.15) is 0 Å². The van der Waals surface area contributed by atoms with Gasteiger partial charge < -0.3 is 9.97 Å². The Bertz CT molecular complexity index is 932. The number of hydrogen-bond donors (Lipinski definition) is 2. The lowest BCUT2D eigenvalue weighted by atomic mass is 10.2. The topological polar surface area (TPSA) is 78.8 Å². The van der Waals surface area contributed by atoms with E-state index in [-0.39, 0.29) is 5.69 Å². The van der Waals surface area contributed by atoms with Crippen molar-refractivity contribution in [2.45, 2.75) is 0 Å². The maximum Gasteiger partial charge on any atom is 0.333 e. The van der Waals surface area contributed by atoms with Gasteiger partial charge in [0.15, 0.2) is 5.65 Å². The molecular weight excluding hydrogens is 242 g/mol. The first-order valence-corrected chi connectivity index (χ1v) is 5.83. The zero-order valence-electron chi connectivity index (χ0n) is 9.79. The van der Waals surface area contributed by atoms with E-state index < -0.39 is 0 Å². The van der Waals surface area contributed by atoms with Crippen molar-refractivity contribution in [3.05, 3.63) is 53.2 Å². The highest BCUT2D eigenvalue weighted by atomic mass is 16.1. The summed E-state index contributed by atoms with van der Waals surface area (Å²) in [6.07, 6.45) is 1.40. The second kappa shape index (κ2) is 3.55. The second-order valence-electron chi connectivity index (χ2n) is 4.29. The molecule has 4 rings (SSSR count). The van der Waals surface area contributed by atoms with Crippen LogP contribution in [0.15, 0.2) is 47.5 Å². The number of hydrogen-bond acceptors (Lipinski definition) is 3. The average Bonchev–Trinajstić information content (AvgIpc) is 3.05. The molecule has 6 heteroatoms. The fourth-order valence-corrected chi connectivity index (χ4v) is 2.23. The van der Waals surface area contributed by atoms with Crippen molar-refractivity contribution in [3.8, 4) is 11.3 Å². The molecule has 0 fully saturated rings. The highest BCUT2D eigenvalue weighted by Crippen LogP contribution is 2.23. The summed E-state index contributed by atoms with van der Waals surface area (Å²) >= 11 is 0. The molecule has 6 nitrogen and oxygen atoms in total. The molecule has 2 N–H and O–H groups in total. The van der Waals surface area contributed by atoms with E-state index >= 15 is 0 Å². The van der Waals surface area contributed by atoms with Gasteiger partial charge in [0.1, 0.15) is 11.8 Å². The summed E-state index contributed by atoms with van der Waals surface area (Å²) in [5.74, 6) is 0. The zero-order valence-corrected chi connectivity index (χ0v) is 9.79. The molecule has 3 heterocycles. The minimum Gasteiger partial charge on any atom is -0.350 e. The summed E-state index contributed by atoms with van der Waals surface area (Å²) in [4.78, 5) is 17.9. The van der Waals surface area contributed by atoms with Crippen molar-refractivity contribution < 1.29 is 0 Å². The fourth-order valence-electron chi connectivity index (χ4n) is 2.23. The van der Waals surface area contributed by atoms with Gasteiger partial charge in [0.25, 0.3) is 0 Å². The molecule has 3 aromatic heterocycles. The number of fused-ring (bicyclic) bond motifs is 3. The molecule has 92 valence electrons. The Morgan fingerprint density at radius 1 is 1.11 bits per heavy atom. The van der Waals surface area contributed by atoms with Crippen molar-refractivity contribution in [3.63, 3.8) is 0 Å². The highest BCUT2D eigenvalue weighted by molar-refractivity contribution is 5.91. The Kier molecular flexibility index (Phi) is 1.88. The van der Waals surface area contributed by atoms with Crippen molar-refractivity contribution >= 4 is 16.7 Å². The van der Waals surface area contributed by atoms with Crippen LogP contribution in [-0.2, 0) is 0 Å². The first-order valence-electron chi connectivity index (χ1n) is 5.83. The van der Waals surface area contributed by atoms with Crippen molar-refractivity contribution in [1.29, 1.82) is 0 Å². The number of nitrogens with zero attached hydrogens (tertiary/aromatic N) is 3. The number of nitrogens with one attached hydrogen (secondary N) is 2. The van der Waals surface area contributed by atoms with Crippen LogP contribution >= 0.6 is 0 Å². The summed E-state index contributed by atoms with van der Waals surface area (Å²) in [5, 5.41) is 7.74. The number of aromatic nitrogens is 5. The summed E-state index contributed by atoms with van der Waals surface area (Å²) in [6, 6.07) is 11.8. The third-order valence-electron chi connectivity index (χ3n) is 3.13. The number of aromatic amines is 2. The van der Waals surface area contributed by atoms with Crippen LogP contribution in [0, 0.1) is 0 Å². The van der Waals surface area contributed by atoms with Crippen molar-refractivity contribution in [1.82, 2.24) is 24.6 Å². The lowest BCUT2D eigenvalue weighted by molar-refractivity contribution is 1.02. The quantitative estimate of drug-likeness (QED) is 0.539. The fraction of sp³-hybridized carbons (Fsp3) is 0. The zero-order chi connectivity index (χ0) is 12.8. The van der Waals surface area contributed by atoms with E-state index in [2.05, 4.69) is 20.2 Å². The average molecular weight is 251 g/mol. The summed E-state index contributed by atoms with van der Waals surface area (Å²) in [5.41, 5.74) is 3.77. The van der Waals surface area contributed by atoms with E-state index in [9.17, 15) is 4.79 Å². The molecule has 0 saturated carbocycles. The van der Waals surface area contributed by atoms with E-state index in [1.54, 1.807) is 0 Å². The van der Waals surface area contributed by atoms with Crippen LogP contribution in [0.3, 0.4) is 0 Å². The van der Waals surface area contributed by atoms with Gasteiger partial charge in [-0.3, -0.25) is 0 Å². The van der Waals surface area contributed by atoms with E-state index in [1.165, 1.54) is 10.7 Å². The molecule has 0 radical (unpaired) electrons. The molecule has 19 heavy (non-hydrogen) atoms. The summed E-state index contributed by atoms with van der Waals surface area (Å²) < 4.78 is 1.38. The Labute approximate surface area is 106 Å². The largest absolute Gasteiger partial charge is 0.350 e. The van der Waals surface area contributed by atoms with Gasteiger partial charge in [-0.25, -0.2) is 9.20 Å². The smallest absolute Gasteiger partial charge is 0.333 e. The minimum atomic E-state index is -0.244. The van der Waals surface area contributed by atoms with Gasteiger partial charge in [-0.2, -0.15) is 0 Å². The molecule has 4 aromatic rings. The summed E-state index contributed by atoms with van der Waals surface area (Å²) in [7, 11) is 0. The Hall–Kier alpha value is -2.89. The van der Waals surface area contributed by atoms with Gasteiger partial charge in [-0.05, 0) is 11.6 Å². The predicted octanol–water partition coefficient (Wildman–Crippen LogP) is 1.57. The monoisotopic (exact) mass is 251 g/mol. The molecular formula is C13H9N5O. The van der Waals surface area contributed by atoms with Crippen LogP contribution in [-0.4, -0.2) is 24.6 Å². The Morgan fingerprint density at radius 3 is 2.79 bits per heavy atom. The molecule has 1 aromatic carbocycles. The van der Waals surface area contributed by atoms with Crippen LogP contribution < -0.4 is 5.69 Å². The first kappa shape index (κ1) is 10.1. The SMILES string of the molecule is O=c1[nH]c2cc(-c3ccccc3)[nH]c2c2nncn12. The predicted molar refractivity (Wildman–Crippen MR) is 70.9 cm³/mol. The number of H-pyrrole nitrogens is 2. The highest BCUT2D eigenvalue weighted by Gasteiger charge is 2.10. The molecule has 0 bridgehead atoms. The van der Waals surface area contributed by atoms with E-state index in [0.29, 0.717) is 5.65 Å². The second-order valence-corrected chi connectivity index (χ2v) is 4.29. The molecule has 0 unspecified atom stereocenters. The minimum absolute atomic E-state index is 0.244. The summed E-state index contributed by atoms with van der Waals surface area (Å²) in [6.45, 7) is 0. The lowest BCUT2D eigenvalue weighted by Crippen LogP contribution is -2.14. The van der Waals surface area contributed by atoms with Gasteiger partial charge in [0.05, 0.1) is 5.52 Å². The molecule has 0 amide bonds. The lowest BCUT2D eigenvalue weighted by Gasteiger charge is -1.95. The molecule has 0 aliphatic heterocycles. The standard InChI is InChI=1S/C13H9N5O/c19-13-16-10-6-9(8-4-2-1-3-5-8)15-11(10)12-17-14-7-18(12)13/h1-7,15H,(H,16,19). The first-order chi connectivity index (χ1) is 9.33. The maximum atomic E-state index is 11.8.